The quantitative estimate of drug-likeness (QED) is 0.818. The van der Waals surface area contributed by atoms with Gasteiger partial charge in [0, 0.05) is 11.5 Å². The summed E-state index contributed by atoms with van der Waals surface area (Å²) in [6.07, 6.45) is 5.48. The lowest BCUT2D eigenvalue weighted by atomic mass is 10.2. The van der Waals surface area contributed by atoms with Gasteiger partial charge in [-0.25, -0.2) is 8.93 Å². The van der Waals surface area contributed by atoms with E-state index in [1.807, 2.05) is 39.0 Å². The lowest BCUT2D eigenvalue weighted by molar-refractivity contribution is 0.631. The minimum absolute atomic E-state index is 0.159. The van der Waals surface area contributed by atoms with Crippen molar-refractivity contribution in [1.82, 2.24) is 4.72 Å². The van der Waals surface area contributed by atoms with E-state index in [1.54, 1.807) is 11.8 Å². The third-order valence-corrected chi connectivity index (χ3v) is 5.12. The molecule has 104 valence electrons. The minimum Gasteiger partial charge on any atom is -0.242 e. The Balaban J connectivity index is 2.38. The third-order valence-electron chi connectivity index (χ3n) is 2.40. The van der Waals surface area contributed by atoms with E-state index in [0.717, 1.165) is 11.5 Å². The number of thioether (sulfide) groups is 1. The van der Waals surface area contributed by atoms with Gasteiger partial charge in [0.25, 0.3) is 0 Å². The van der Waals surface area contributed by atoms with Crippen LogP contribution in [-0.4, -0.2) is 20.8 Å². The van der Waals surface area contributed by atoms with Crippen LogP contribution < -0.4 is 4.72 Å². The summed E-state index contributed by atoms with van der Waals surface area (Å²) in [5.41, 5.74) is 1.28. The summed E-state index contributed by atoms with van der Waals surface area (Å²) in [7, 11) is -1.12. The van der Waals surface area contributed by atoms with Gasteiger partial charge >= 0.3 is 0 Å². The Morgan fingerprint density at radius 3 is 2.53 bits per heavy atom. The van der Waals surface area contributed by atoms with Gasteiger partial charge in [-0.1, -0.05) is 36.3 Å². The zero-order valence-electron chi connectivity index (χ0n) is 11.7. The first kappa shape index (κ1) is 16.3. The molecular formula is C15H21NOS2. The number of hydrogen-bond acceptors (Lipinski definition) is 2. The van der Waals surface area contributed by atoms with Crippen molar-refractivity contribution in [3.05, 3.63) is 35.9 Å². The molecule has 0 amide bonds. The van der Waals surface area contributed by atoms with Crippen LogP contribution in [0.3, 0.4) is 0 Å². The highest BCUT2D eigenvalue weighted by molar-refractivity contribution is 7.98. The summed E-state index contributed by atoms with van der Waals surface area (Å²) in [6, 6.07) is 10.1. The van der Waals surface area contributed by atoms with E-state index < -0.39 is 11.0 Å². The molecule has 19 heavy (non-hydrogen) atoms. The van der Waals surface area contributed by atoms with Crippen molar-refractivity contribution in [1.29, 1.82) is 0 Å². The van der Waals surface area contributed by atoms with Crippen LogP contribution in [0.2, 0.25) is 0 Å². The van der Waals surface area contributed by atoms with Gasteiger partial charge in [-0.2, -0.15) is 11.8 Å². The Bertz CT molecular complexity index is 445. The molecular weight excluding hydrogens is 274 g/mol. The number of hydrogen-bond donors (Lipinski definition) is 1. The lowest BCUT2D eigenvalue weighted by Gasteiger charge is -2.21. The molecule has 2 nitrogen and oxygen atoms in total. The number of rotatable bonds is 6. The van der Waals surface area contributed by atoms with E-state index in [0.29, 0.717) is 0 Å². The molecule has 1 rings (SSSR count). The summed E-state index contributed by atoms with van der Waals surface area (Å²) in [5, 5.41) is 0. The summed E-state index contributed by atoms with van der Waals surface area (Å²) in [4.78, 5) is 0. The lowest BCUT2D eigenvalue weighted by Crippen LogP contribution is -2.40. The highest BCUT2D eigenvalue weighted by Crippen LogP contribution is 2.14. The van der Waals surface area contributed by atoms with Crippen molar-refractivity contribution in [3.8, 4) is 12.3 Å². The van der Waals surface area contributed by atoms with Gasteiger partial charge in [-0.3, -0.25) is 0 Å². The monoisotopic (exact) mass is 295 g/mol. The second kappa shape index (κ2) is 7.74. The molecule has 0 spiro atoms. The molecule has 0 aliphatic heterocycles. The standard InChI is InChI=1S/C15H21NOS2/c1-5-14(16-19(17)15(2,3)4)12-18-11-13-9-7-6-8-10-13/h1,6-10,14,16H,11-12H2,2-4H3/t14-,19-/m1/s1. The summed E-state index contributed by atoms with van der Waals surface area (Å²) in [5.74, 6) is 4.34. The molecule has 0 fully saturated rings. The first-order chi connectivity index (χ1) is 8.93. The largest absolute Gasteiger partial charge is 0.242 e. The van der Waals surface area contributed by atoms with Gasteiger partial charge in [-0.05, 0) is 26.3 Å². The molecule has 0 aliphatic carbocycles. The second-order valence-corrected chi connectivity index (χ2v) is 8.25. The summed E-state index contributed by atoms with van der Waals surface area (Å²) >= 11 is 1.75. The van der Waals surface area contributed by atoms with Crippen molar-refractivity contribution in [2.75, 3.05) is 5.75 Å². The first-order valence-electron chi connectivity index (χ1n) is 6.19. The van der Waals surface area contributed by atoms with Crippen LogP contribution in [0.25, 0.3) is 0 Å². The van der Waals surface area contributed by atoms with Gasteiger partial charge in [0.1, 0.15) is 0 Å². The predicted octanol–water partition coefficient (Wildman–Crippen LogP) is 2.97. The number of benzene rings is 1. The second-order valence-electron chi connectivity index (χ2n) is 5.22. The maximum absolute atomic E-state index is 12.0. The highest BCUT2D eigenvalue weighted by Gasteiger charge is 2.21. The fourth-order valence-electron chi connectivity index (χ4n) is 1.29. The van der Waals surface area contributed by atoms with Crippen molar-refractivity contribution >= 4 is 22.7 Å². The predicted molar refractivity (Wildman–Crippen MR) is 86.3 cm³/mol. The maximum Gasteiger partial charge on any atom is 0.0981 e. The van der Waals surface area contributed by atoms with Crippen molar-refractivity contribution in [3.63, 3.8) is 0 Å². The van der Waals surface area contributed by atoms with Crippen molar-refractivity contribution in [2.24, 2.45) is 0 Å². The van der Waals surface area contributed by atoms with Gasteiger partial charge in [0.05, 0.1) is 21.8 Å². The van der Waals surface area contributed by atoms with Gasteiger partial charge in [-0.15, -0.1) is 6.42 Å². The summed E-state index contributed by atoms with van der Waals surface area (Å²) in [6.45, 7) is 5.79. The topological polar surface area (TPSA) is 29.1 Å². The Kier molecular flexibility index (Phi) is 6.64. The smallest absolute Gasteiger partial charge is 0.0981 e. The maximum atomic E-state index is 12.0. The third kappa shape index (κ3) is 6.29. The van der Waals surface area contributed by atoms with E-state index in [2.05, 4.69) is 22.8 Å². The molecule has 1 N–H and O–H groups in total. The first-order valence-corrected chi connectivity index (χ1v) is 8.50. The number of terminal acetylenes is 1. The normalized spacial score (nSPS) is 14.6. The molecule has 0 aromatic heterocycles. The van der Waals surface area contributed by atoms with Crippen LogP contribution in [0.1, 0.15) is 26.3 Å². The van der Waals surface area contributed by atoms with E-state index >= 15 is 0 Å². The Hall–Kier alpha value is -0.760. The average molecular weight is 295 g/mol. The minimum atomic E-state index is -1.12. The molecule has 1 aromatic rings. The van der Waals surface area contributed by atoms with E-state index in [1.165, 1.54) is 5.56 Å². The SMILES string of the molecule is C#C[C@H](CSCc1ccccc1)N[S@](=O)C(C)(C)C. The van der Waals surface area contributed by atoms with Crippen LogP contribution in [0.5, 0.6) is 0 Å². The van der Waals surface area contributed by atoms with Crippen LogP contribution in [-0.2, 0) is 16.7 Å². The van der Waals surface area contributed by atoms with Gasteiger partial charge in [0.15, 0.2) is 0 Å². The van der Waals surface area contributed by atoms with E-state index in [-0.39, 0.29) is 10.8 Å². The molecule has 4 heteroatoms. The van der Waals surface area contributed by atoms with Crippen molar-refractivity contribution in [2.45, 2.75) is 37.3 Å². The molecule has 0 aliphatic rings. The molecule has 1 aromatic carbocycles. The Morgan fingerprint density at radius 2 is 2.00 bits per heavy atom. The average Bonchev–Trinajstić information content (AvgIpc) is 2.37. The zero-order chi connectivity index (χ0) is 14.3. The molecule has 0 heterocycles. The summed E-state index contributed by atoms with van der Waals surface area (Å²) < 4.78 is 14.7. The zero-order valence-corrected chi connectivity index (χ0v) is 13.3. The van der Waals surface area contributed by atoms with Crippen LogP contribution in [0.15, 0.2) is 30.3 Å². The van der Waals surface area contributed by atoms with E-state index in [9.17, 15) is 4.21 Å². The Morgan fingerprint density at radius 1 is 1.37 bits per heavy atom. The van der Waals surface area contributed by atoms with Crippen molar-refractivity contribution < 1.29 is 4.21 Å². The van der Waals surface area contributed by atoms with Gasteiger partial charge in [0.2, 0.25) is 0 Å². The molecule has 2 atom stereocenters. The van der Waals surface area contributed by atoms with Crippen LogP contribution in [0, 0.1) is 12.3 Å². The van der Waals surface area contributed by atoms with Crippen LogP contribution >= 0.6 is 11.8 Å². The fourth-order valence-corrected chi connectivity index (χ4v) is 3.12. The van der Waals surface area contributed by atoms with E-state index in [4.69, 9.17) is 6.42 Å². The molecule has 0 radical (unpaired) electrons. The molecule has 0 unspecified atom stereocenters. The fraction of sp³-hybridized carbons (Fsp3) is 0.467. The highest BCUT2D eigenvalue weighted by atomic mass is 32.2. The Labute approximate surface area is 123 Å². The molecule has 0 bridgehead atoms. The van der Waals surface area contributed by atoms with Gasteiger partial charge < -0.3 is 0 Å². The number of nitrogens with one attached hydrogen (secondary N) is 1. The molecule has 0 saturated heterocycles. The van der Waals surface area contributed by atoms with Crippen LogP contribution in [0.4, 0.5) is 0 Å². The molecule has 0 saturated carbocycles.